The predicted octanol–water partition coefficient (Wildman–Crippen LogP) is 4.74. The number of rotatable bonds is 10. The van der Waals surface area contributed by atoms with Crippen LogP contribution in [0, 0.1) is 6.92 Å². The molecule has 0 bridgehead atoms. The van der Waals surface area contributed by atoms with E-state index in [0.717, 1.165) is 11.3 Å². The quantitative estimate of drug-likeness (QED) is 0.349. The van der Waals surface area contributed by atoms with Gasteiger partial charge < -0.3 is 14.8 Å². The molecule has 1 amide bonds. The fourth-order valence-corrected chi connectivity index (χ4v) is 3.73. The Bertz CT molecular complexity index is 1070. The lowest BCUT2D eigenvalue weighted by Crippen LogP contribution is -2.15. The first kappa shape index (κ1) is 22.7. The van der Waals surface area contributed by atoms with Crippen molar-refractivity contribution in [1.29, 1.82) is 0 Å². The first-order valence-corrected chi connectivity index (χ1v) is 10.8. The van der Waals surface area contributed by atoms with Crippen molar-refractivity contribution in [3.05, 3.63) is 71.5 Å². The number of hydrogen-bond acceptors (Lipinski definition) is 6. The zero-order valence-corrected chi connectivity index (χ0v) is 18.9. The Morgan fingerprint density at radius 1 is 1.29 bits per heavy atom. The van der Waals surface area contributed by atoms with Crippen molar-refractivity contribution in [2.45, 2.75) is 25.2 Å². The highest BCUT2D eigenvalue weighted by atomic mass is 35.5. The molecule has 0 saturated heterocycles. The molecule has 0 atom stereocenters. The molecule has 0 aliphatic rings. The zero-order chi connectivity index (χ0) is 22.2. The van der Waals surface area contributed by atoms with Crippen LogP contribution in [-0.4, -0.2) is 33.5 Å². The molecular weight excluding hydrogens is 436 g/mol. The molecule has 0 fully saturated rings. The third-order valence-corrected chi connectivity index (χ3v) is 5.43. The van der Waals surface area contributed by atoms with Gasteiger partial charge in [-0.25, -0.2) is 0 Å². The summed E-state index contributed by atoms with van der Waals surface area (Å²) in [4.78, 5) is 12.5. The number of aromatic nitrogens is 3. The lowest BCUT2D eigenvalue weighted by Gasteiger charge is -2.11. The van der Waals surface area contributed by atoms with Crippen molar-refractivity contribution in [1.82, 2.24) is 14.8 Å². The molecule has 3 aromatic rings. The molecule has 1 N–H and O–H groups in total. The van der Waals surface area contributed by atoms with Crippen LogP contribution in [0.3, 0.4) is 0 Å². The third-order valence-electron chi connectivity index (χ3n) is 4.23. The number of hydrogen-bond donors (Lipinski definition) is 1. The number of carbonyl (C=O) groups excluding carboxylic acids is 1. The van der Waals surface area contributed by atoms with Gasteiger partial charge in [0, 0.05) is 11.6 Å². The maximum atomic E-state index is 12.5. The number of thioether (sulfide) groups is 1. The van der Waals surface area contributed by atoms with Crippen LogP contribution in [0.15, 0.2) is 60.3 Å². The smallest absolute Gasteiger partial charge is 0.234 e. The Labute approximate surface area is 190 Å². The predicted molar refractivity (Wildman–Crippen MR) is 123 cm³/mol. The van der Waals surface area contributed by atoms with Crippen LogP contribution in [0.5, 0.6) is 11.5 Å². The molecule has 0 aliphatic carbocycles. The van der Waals surface area contributed by atoms with Crippen molar-refractivity contribution >= 4 is 35.0 Å². The second-order valence-electron chi connectivity index (χ2n) is 6.58. The van der Waals surface area contributed by atoms with Crippen molar-refractivity contribution < 1.29 is 14.3 Å². The van der Waals surface area contributed by atoms with Gasteiger partial charge in [-0.2, -0.15) is 0 Å². The number of aryl methyl sites for hydroxylation is 1. The van der Waals surface area contributed by atoms with E-state index >= 15 is 0 Å². The lowest BCUT2D eigenvalue weighted by molar-refractivity contribution is -0.113. The molecule has 162 valence electrons. The van der Waals surface area contributed by atoms with Crippen LogP contribution < -0.4 is 14.8 Å². The molecule has 2 aromatic carbocycles. The Hall–Kier alpha value is -2.97. The number of ether oxygens (including phenoxy) is 2. The highest BCUT2D eigenvalue weighted by Crippen LogP contribution is 2.28. The van der Waals surface area contributed by atoms with E-state index in [2.05, 4.69) is 22.1 Å². The average Bonchev–Trinajstić information content (AvgIpc) is 3.13. The molecule has 0 spiro atoms. The minimum Gasteiger partial charge on any atom is -0.495 e. The molecule has 1 aromatic heterocycles. The summed E-state index contributed by atoms with van der Waals surface area (Å²) in [7, 11) is 1.53. The highest BCUT2D eigenvalue weighted by Gasteiger charge is 2.15. The number of amides is 1. The van der Waals surface area contributed by atoms with Crippen LogP contribution in [0.1, 0.15) is 11.4 Å². The highest BCUT2D eigenvalue weighted by molar-refractivity contribution is 7.99. The molecule has 9 heteroatoms. The third kappa shape index (κ3) is 6.26. The van der Waals surface area contributed by atoms with E-state index in [0.29, 0.717) is 34.0 Å². The molecular formula is C22H23ClN4O3S. The van der Waals surface area contributed by atoms with E-state index in [9.17, 15) is 4.79 Å². The van der Waals surface area contributed by atoms with Gasteiger partial charge in [-0.3, -0.25) is 9.36 Å². The standard InChI is InChI=1S/C22H23ClN4O3S/c1-4-10-27-20(13-30-17-7-5-6-15(2)11-17)25-26-22(27)31-14-21(28)24-18-12-16(23)8-9-19(18)29-3/h4-9,11-12H,1,10,13-14H2,2-3H3,(H,24,28). The van der Waals surface area contributed by atoms with Crippen molar-refractivity contribution in [3.63, 3.8) is 0 Å². The Balaban J connectivity index is 1.64. The summed E-state index contributed by atoms with van der Waals surface area (Å²) in [5, 5.41) is 12.4. The van der Waals surface area contributed by atoms with Crippen LogP contribution in [-0.2, 0) is 17.9 Å². The summed E-state index contributed by atoms with van der Waals surface area (Å²) in [6, 6.07) is 12.8. The van der Waals surface area contributed by atoms with E-state index in [-0.39, 0.29) is 18.3 Å². The van der Waals surface area contributed by atoms with Gasteiger partial charge in [0.15, 0.2) is 11.0 Å². The summed E-state index contributed by atoms with van der Waals surface area (Å²) >= 11 is 7.29. The number of nitrogens with one attached hydrogen (secondary N) is 1. The van der Waals surface area contributed by atoms with E-state index in [1.54, 1.807) is 24.3 Å². The van der Waals surface area contributed by atoms with Crippen molar-refractivity contribution in [2.24, 2.45) is 0 Å². The Morgan fingerprint density at radius 2 is 2.13 bits per heavy atom. The minimum absolute atomic E-state index is 0.143. The first-order chi connectivity index (χ1) is 15.0. The summed E-state index contributed by atoms with van der Waals surface area (Å²) in [5.74, 6) is 1.88. The second kappa shape index (κ2) is 10.9. The number of halogens is 1. The molecule has 0 radical (unpaired) electrons. The van der Waals surface area contributed by atoms with E-state index < -0.39 is 0 Å². The summed E-state index contributed by atoms with van der Waals surface area (Å²) < 4.78 is 13.0. The summed E-state index contributed by atoms with van der Waals surface area (Å²) in [6.07, 6.45) is 1.75. The van der Waals surface area contributed by atoms with Crippen LogP contribution in [0.25, 0.3) is 0 Å². The summed E-state index contributed by atoms with van der Waals surface area (Å²) in [6.45, 7) is 6.57. The fourth-order valence-electron chi connectivity index (χ4n) is 2.79. The number of anilines is 1. The van der Waals surface area contributed by atoms with Gasteiger partial charge >= 0.3 is 0 Å². The van der Waals surface area contributed by atoms with Crippen LogP contribution >= 0.6 is 23.4 Å². The normalized spacial score (nSPS) is 10.5. The van der Waals surface area contributed by atoms with E-state index in [4.69, 9.17) is 21.1 Å². The monoisotopic (exact) mass is 458 g/mol. The van der Waals surface area contributed by atoms with Crippen LogP contribution in [0.2, 0.25) is 5.02 Å². The zero-order valence-electron chi connectivity index (χ0n) is 17.3. The molecule has 0 unspecified atom stereocenters. The van der Waals surface area contributed by atoms with Gasteiger partial charge in [-0.15, -0.1) is 16.8 Å². The fraction of sp³-hybridized carbons (Fsp3) is 0.227. The van der Waals surface area contributed by atoms with Gasteiger partial charge in [0.1, 0.15) is 18.1 Å². The van der Waals surface area contributed by atoms with E-state index in [1.165, 1.54) is 18.9 Å². The van der Waals surface area contributed by atoms with Crippen LogP contribution in [0.4, 0.5) is 5.69 Å². The number of allylic oxidation sites excluding steroid dienone is 1. The SMILES string of the molecule is C=CCn1c(COc2cccc(C)c2)nnc1SCC(=O)Nc1cc(Cl)ccc1OC. The topological polar surface area (TPSA) is 78.3 Å². The maximum absolute atomic E-state index is 12.5. The summed E-state index contributed by atoms with van der Waals surface area (Å²) in [5.41, 5.74) is 1.63. The number of carbonyl (C=O) groups is 1. The molecule has 1 heterocycles. The first-order valence-electron chi connectivity index (χ1n) is 9.48. The molecule has 7 nitrogen and oxygen atoms in total. The lowest BCUT2D eigenvalue weighted by atomic mass is 10.2. The Kier molecular flexibility index (Phi) is 7.97. The number of nitrogens with zero attached hydrogens (tertiary/aromatic N) is 3. The maximum Gasteiger partial charge on any atom is 0.234 e. The van der Waals surface area contributed by atoms with Gasteiger partial charge in [0.05, 0.1) is 18.6 Å². The average molecular weight is 459 g/mol. The second-order valence-corrected chi connectivity index (χ2v) is 7.96. The Morgan fingerprint density at radius 3 is 2.87 bits per heavy atom. The van der Waals surface area contributed by atoms with Crippen molar-refractivity contribution in [2.75, 3.05) is 18.2 Å². The molecule has 0 saturated carbocycles. The van der Waals surface area contributed by atoms with Gasteiger partial charge in [-0.1, -0.05) is 41.6 Å². The largest absolute Gasteiger partial charge is 0.495 e. The number of methoxy groups -OCH3 is 1. The molecule has 3 rings (SSSR count). The number of benzene rings is 2. The van der Waals surface area contributed by atoms with Gasteiger partial charge in [0.2, 0.25) is 5.91 Å². The van der Waals surface area contributed by atoms with Gasteiger partial charge in [0.25, 0.3) is 0 Å². The van der Waals surface area contributed by atoms with E-state index in [1.807, 2.05) is 35.8 Å². The molecule has 31 heavy (non-hydrogen) atoms. The molecule has 0 aliphatic heterocycles. The minimum atomic E-state index is -0.212. The van der Waals surface area contributed by atoms with Gasteiger partial charge in [-0.05, 0) is 42.8 Å². The van der Waals surface area contributed by atoms with Crippen molar-refractivity contribution in [3.8, 4) is 11.5 Å².